The second-order valence-electron chi connectivity index (χ2n) is 6.77. The first-order chi connectivity index (χ1) is 14.0. The van der Waals surface area contributed by atoms with Gasteiger partial charge in [0.15, 0.2) is 0 Å². The Kier molecular flexibility index (Phi) is 5.34. The van der Waals surface area contributed by atoms with Gasteiger partial charge in [-0.3, -0.25) is 4.79 Å². The molecule has 0 aliphatic carbocycles. The lowest BCUT2D eigenvalue weighted by Gasteiger charge is -2.19. The van der Waals surface area contributed by atoms with Crippen molar-refractivity contribution in [2.45, 2.75) is 13.8 Å². The molecule has 29 heavy (non-hydrogen) atoms. The predicted molar refractivity (Wildman–Crippen MR) is 123 cm³/mol. The lowest BCUT2D eigenvalue weighted by Crippen LogP contribution is -2.13. The van der Waals surface area contributed by atoms with Gasteiger partial charge in [0.1, 0.15) is 17.0 Å². The van der Waals surface area contributed by atoms with Crippen LogP contribution in [0.3, 0.4) is 0 Å². The minimum absolute atomic E-state index is 0.150. The number of aryl methyl sites for hydroxylation is 2. The first-order valence-electron chi connectivity index (χ1n) is 9.06. The molecule has 0 bridgehead atoms. The van der Waals surface area contributed by atoms with E-state index >= 15 is 0 Å². The Morgan fingerprint density at radius 3 is 2.59 bits per heavy atom. The maximum absolute atomic E-state index is 13.0. The Morgan fingerprint density at radius 1 is 1.10 bits per heavy atom. The molecule has 0 aliphatic rings. The van der Waals surface area contributed by atoms with E-state index in [2.05, 4.69) is 31.2 Å². The van der Waals surface area contributed by atoms with Crippen molar-refractivity contribution in [3.8, 4) is 0 Å². The molecule has 0 fully saturated rings. The molecule has 0 aliphatic heterocycles. The summed E-state index contributed by atoms with van der Waals surface area (Å²) in [6.07, 6.45) is 1.55. The van der Waals surface area contributed by atoms with Crippen molar-refractivity contribution in [2.24, 2.45) is 0 Å². The number of carbonyl (C=O) groups excluding carboxylic acids is 1. The van der Waals surface area contributed by atoms with Gasteiger partial charge in [-0.05, 0) is 65.2 Å². The Bertz CT molecular complexity index is 1210. The van der Waals surface area contributed by atoms with Gasteiger partial charge in [0.2, 0.25) is 0 Å². The zero-order valence-electron chi connectivity index (χ0n) is 16.2. The zero-order chi connectivity index (χ0) is 20.5. The fourth-order valence-corrected chi connectivity index (χ4v) is 4.83. The van der Waals surface area contributed by atoms with Crippen LogP contribution in [0.4, 0.5) is 17.2 Å². The van der Waals surface area contributed by atoms with E-state index in [1.807, 2.05) is 74.3 Å². The van der Waals surface area contributed by atoms with Gasteiger partial charge in [0, 0.05) is 17.2 Å². The van der Waals surface area contributed by atoms with Crippen molar-refractivity contribution < 1.29 is 4.79 Å². The maximum atomic E-state index is 13.0. The molecule has 1 amide bonds. The van der Waals surface area contributed by atoms with Gasteiger partial charge < -0.3 is 10.2 Å². The van der Waals surface area contributed by atoms with Crippen LogP contribution in [0.25, 0.3) is 10.2 Å². The van der Waals surface area contributed by atoms with Crippen LogP contribution in [0.2, 0.25) is 0 Å². The third-order valence-corrected chi connectivity index (χ3v) is 6.60. The highest BCUT2D eigenvalue weighted by Crippen LogP contribution is 2.37. The van der Waals surface area contributed by atoms with E-state index in [1.54, 1.807) is 6.33 Å². The first kappa shape index (κ1) is 19.5. The van der Waals surface area contributed by atoms with Gasteiger partial charge in [0.25, 0.3) is 5.91 Å². The summed E-state index contributed by atoms with van der Waals surface area (Å²) < 4.78 is 0.855. The fraction of sp³-hybridized carbons (Fsp3) is 0.136. The van der Waals surface area contributed by atoms with Crippen LogP contribution < -0.4 is 10.2 Å². The highest BCUT2D eigenvalue weighted by molar-refractivity contribution is 9.10. The molecule has 2 heterocycles. The molecule has 4 aromatic rings. The van der Waals surface area contributed by atoms with Gasteiger partial charge in [-0.25, -0.2) is 9.97 Å². The summed E-state index contributed by atoms with van der Waals surface area (Å²) in [5, 5.41) is 3.90. The zero-order valence-corrected chi connectivity index (χ0v) is 18.6. The first-order valence-corrected chi connectivity index (χ1v) is 10.7. The SMILES string of the molecule is Cc1ccc(NC(=O)c2sc3ncnc(N(C)c4ccccc4)c3c2C)c(Br)c1. The number of amides is 1. The van der Waals surface area contributed by atoms with Crippen LogP contribution in [0.5, 0.6) is 0 Å². The Balaban J connectivity index is 1.73. The van der Waals surface area contributed by atoms with E-state index in [-0.39, 0.29) is 5.91 Å². The smallest absolute Gasteiger partial charge is 0.266 e. The van der Waals surface area contributed by atoms with Crippen LogP contribution in [-0.4, -0.2) is 22.9 Å². The van der Waals surface area contributed by atoms with E-state index < -0.39 is 0 Å². The molecule has 7 heteroatoms. The van der Waals surface area contributed by atoms with Gasteiger partial charge in [-0.1, -0.05) is 24.3 Å². The van der Waals surface area contributed by atoms with Crippen molar-refractivity contribution in [1.82, 2.24) is 9.97 Å². The second kappa shape index (κ2) is 7.93. The summed E-state index contributed by atoms with van der Waals surface area (Å²) in [6.45, 7) is 3.96. The summed E-state index contributed by atoms with van der Waals surface area (Å²) >= 11 is 4.90. The van der Waals surface area contributed by atoms with Gasteiger partial charge in [0.05, 0.1) is 16.0 Å². The minimum atomic E-state index is -0.150. The summed E-state index contributed by atoms with van der Waals surface area (Å²) in [5.74, 6) is 0.633. The van der Waals surface area contributed by atoms with Crippen LogP contribution >= 0.6 is 27.3 Å². The third kappa shape index (κ3) is 3.75. The van der Waals surface area contributed by atoms with Crippen molar-refractivity contribution in [3.63, 3.8) is 0 Å². The number of nitrogens with one attached hydrogen (secondary N) is 1. The van der Waals surface area contributed by atoms with E-state index in [0.29, 0.717) is 4.88 Å². The quantitative estimate of drug-likeness (QED) is 0.395. The number of benzene rings is 2. The van der Waals surface area contributed by atoms with Crippen molar-refractivity contribution in [3.05, 3.63) is 75.3 Å². The third-order valence-electron chi connectivity index (χ3n) is 4.75. The molecule has 0 unspecified atom stereocenters. The number of aromatic nitrogens is 2. The number of hydrogen-bond donors (Lipinski definition) is 1. The molecule has 4 rings (SSSR count). The molecule has 0 spiro atoms. The number of anilines is 3. The lowest BCUT2D eigenvalue weighted by atomic mass is 10.1. The summed E-state index contributed by atoms with van der Waals surface area (Å²) in [7, 11) is 1.97. The standard InChI is InChI=1S/C22H19BrN4OS/c1-13-9-10-17(16(23)11-13)26-21(28)19-14(2)18-20(24-12-25-22(18)29-19)27(3)15-7-5-4-6-8-15/h4-12H,1-3H3,(H,26,28). The number of carbonyl (C=O) groups is 1. The van der Waals surface area contributed by atoms with E-state index in [0.717, 1.165) is 43.0 Å². The van der Waals surface area contributed by atoms with E-state index in [4.69, 9.17) is 0 Å². The highest BCUT2D eigenvalue weighted by atomic mass is 79.9. The Morgan fingerprint density at radius 2 is 1.86 bits per heavy atom. The average Bonchev–Trinajstić information content (AvgIpc) is 3.07. The topological polar surface area (TPSA) is 58.1 Å². The van der Waals surface area contributed by atoms with E-state index in [9.17, 15) is 4.79 Å². The molecule has 5 nitrogen and oxygen atoms in total. The number of fused-ring (bicyclic) bond motifs is 1. The molecular weight excluding hydrogens is 448 g/mol. The number of hydrogen-bond acceptors (Lipinski definition) is 5. The van der Waals surface area contributed by atoms with Gasteiger partial charge in [-0.15, -0.1) is 11.3 Å². The average molecular weight is 467 g/mol. The van der Waals surface area contributed by atoms with Crippen LogP contribution in [0, 0.1) is 13.8 Å². The number of thiophene rings is 1. The van der Waals surface area contributed by atoms with Gasteiger partial charge in [-0.2, -0.15) is 0 Å². The largest absolute Gasteiger partial charge is 0.329 e. The van der Waals surface area contributed by atoms with Crippen molar-refractivity contribution in [1.29, 1.82) is 0 Å². The summed E-state index contributed by atoms with van der Waals surface area (Å²) in [6, 6.07) is 15.9. The molecule has 0 saturated heterocycles. The van der Waals surface area contributed by atoms with Gasteiger partial charge >= 0.3 is 0 Å². The van der Waals surface area contributed by atoms with E-state index in [1.165, 1.54) is 11.3 Å². The normalized spacial score (nSPS) is 10.9. The van der Waals surface area contributed by atoms with Crippen molar-refractivity contribution in [2.75, 3.05) is 17.3 Å². The fourth-order valence-electron chi connectivity index (χ4n) is 3.20. The number of para-hydroxylation sites is 1. The van der Waals surface area contributed by atoms with Crippen molar-refractivity contribution >= 4 is 60.6 Å². The molecule has 146 valence electrons. The predicted octanol–water partition coefficient (Wildman–Crippen LogP) is 6.09. The Labute approximate surface area is 181 Å². The second-order valence-corrected chi connectivity index (χ2v) is 8.62. The number of halogens is 1. The molecule has 2 aromatic carbocycles. The highest BCUT2D eigenvalue weighted by Gasteiger charge is 2.21. The lowest BCUT2D eigenvalue weighted by molar-refractivity contribution is 0.103. The molecule has 0 radical (unpaired) electrons. The minimum Gasteiger partial charge on any atom is -0.329 e. The molecule has 1 N–H and O–H groups in total. The van der Waals surface area contributed by atoms with Crippen LogP contribution in [0.15, 0.2) is 59.3 Å². The maximum Gasteiger partial charge on any atom is 0.266 e. The summed E-state index contributed by atoms with van der Waals surface area (Å²) in [4.78, 5) is 25.4. The summed E-state index contributed by atoms with van der Waals surface area (Å²) in [5.41, 5.74) is 3.76. The molecule has 0 atom stereocenters. The Hall–Kier alpha value is -2.77. The molecular formula is C22H19BrN4OS. The molecule has 2 aromatic heterocycles. The van der Waals surface area contributed by atoms with Crippen LogP contribution in [0.1, 0.15) is 20.8 Å². The van der Waals surface area contributed by atoms with Crippen LogP contribution in [-0.2, 0) is 0 Å². The molecule has 0 saturated carbocycles. The number of rotatable bonds is 4. The monoisotopic (exact) mass is 466 g/mol. The number of nitrogens with zero attached hydrogens (tertiary/aromatic N) is 3.